The molecule has 1 aliphatic carbocycles. The predicted molar refractivity (Wildman–Crippen MR) is 89.4 cm³/mol. The summed E-state index contributed by atoms with van der Waals surface area (Å²) in [7, 11) is 0. The molecule has 1 aliphatic rings. The Balaban J connectivity index is 1.47. The van der Waals surface area contributed by atoms with Crippen LogP contribution in [0.25, 0.3) is 0 Å². The first-order valence-corrected chi connectivity index (χ1v) is 8.02. The van der Waals surface area contributed by atoms with Crippen molar-refractivity contribution in [2.45, 2.75) is 25.0 Å². The van der Waals surface area contributed by atoms with E-state index < -0.39 is 0 Å². The van der Waals surface area contributed by atoms with E-state index in [1.807, 2.05) is 12.1 Å². The van der Waals surface area contributed by atoms with E-state index >= 15 is 0 Å². The number of amides is 1. The standard InChI is InChI=1S/C17H15Cl2FN2O/c18-13-6-1-10(7-14(13)19)9-21-15-8-16(15)22-17(23)11-2-4-12(20)5-3-11/h1-7,15-16,21H,8-9H2,(H,22,23)/t15-,16+/m0/s1. The Kier molecular flexibility index (Phi) is 4.85. The summed E-state index contributed by atoms with van der Waals surface area (Å²) in [5, 5.41) is 7.35. The molecule has 2 N–H and O–H groups in total. The fourth-order valence-electron chi connectivity index (χ4n) is 2.33. The van der Waals surface area contributed by atoms with Gasteiger partial charge in [-0.25, -0.2) is 4.39 Å². The SMILES string of the molecule is O=C(N[C@@H]1C[C@@H]1NCc1ccc(Cl)c(Cl)c1)c1ccc(F)cc1. The van der Waals surface area contributed by atoms with Crippen LogP contribution in [-0.2, 0) is 6.54 Å². The Morgan fingerprint density at radius 1 is 1.09 bits per heavy atom. The predicted octanol–water partition coefficient (Wildman–Crippen LogP) is 3.79. The summed E-state index contributed by atoms with van der Waals surface area (Å²) < 4.78 is 12.8. The van der Waals surface area contributed by atoms with E-state index in [1.165, 1.54) is 24.3 Å². The van der Waals surface area contributed by atoms with Crippen LogP contribution in [0.1, 0.15) is 22.3 Å². The van der Waals surface area contributed by atoms with Crippen LogP contribution in [-0.4, -0.2) is 18.0 Å². The first kappa shape index (κ1) is 16.2. The summed E-state index contributed by atoms with van der Waals surface area (Å²) in [5.74, 6) is -0.539. The van der Waals surface area contributed by atoms with Gasteiger partial charge in [-0.05, 0) is 48.4 Å². The molecule has 23 heavy (non-hydrogen) atoms. The number of nitrogens with one attached hydrogen (secondary N) is 2. The Labute approximate surface area is 143 Å². The number of carbonyl (C=O) groups is 1. The van der Waals surface area contributed by atoms with Crippen LogP contribution in [0.4, 0.5) is 4.39 Å². The second-order valence-corrected chi connectivity index (χ2v) is 6.37. The van der Waals surface area contributed by atoms with E-state index in [9.17, 15) is 9.18 Å². The maximum Gasteiger partial charge on any atom is 0.251 e. The van der Waals surface area contributed by atoms with Crippen LogP contribution < -0.4 is 10.6 Å². The Morgan fingerprint density at radius 2 is 1.83 bits per heavy atom. The number of carbonyl (C=O) groups excluding carboxylic acids is 1. The van der Waals surface area contributed by atoms with Crippen LogP contribution in [0.15, 0.2) is 42.5 Å². The molecule has 0 aliphatic heterocycles. The first-order chi connectivity index (χ1) is 11.0. The summed E-state index contributed by atoms with van der Waals surface area (Å²) in [4.78, 5) is 12.0. The summed E-state index contributed by atoms with van der Waals surface area (Å²) in [5.41, 5.74) is 1.50. The third-order valence-electron chi connectivity index (χ3n) is 3.77. The quantitative estimate of drug-likeness (QED) is 0.859. The minimum Gasteiger partial charge on any atom is -0.348 e. The lowest BCUT2D eigenvalue weighted by atomic mass is 10.2. The van der Waals surface area contributed by atoms with Crippen molar-refractivity contribution in [1.82, 2.24) is 10.6 Å². The highest BCUT2D eigenvalue weighted by atomic mass is 35.5. The minimum atomic E-state index is -0.353. The third-order valence-corrected chi connectivity index (χ3v) is 4.50. The molecular weight excluding hydrogens is 338 g/mol. The molecule has 1 saturated carbocycles. The van der Waals surface area contributed by atoms with E-state index in [-0.39, 0.29) is 23.8 Å². The fraction of sp³-hybridized carbons (Fsp3) is 0.235. The molecule has 1 fully saturated rings. The Hall–Kier alpha value is -1.62. The maximum atomic E-state index is 12.8. The molecule has 0 spiro atoms. The number of hydrogen-bond acceptors (Lipinski definition) is 2. The molecule has 2 aromatic rings. The van der Waals surface area contributed by atoms with Gasteiger partial charge >= 0.3 is 0 Å². The van der Waals surface area contributed by atoms with E-state index in [4.69, 9.17) is 23.2 Å². The lowest BCUT2D eigenvalue weighted by Gasteiger charge is -2.07. The van der Waals surface area contributed by atoms with Gasteiger partial charge in [0, 0.05) is 24.2 Å². The highest BCUT2D eigenvalue weighted by Gasteiger charge is 2.37. The second kappa shape index (κ2) is 6.87. The monoisotopic (exact) mass is 352 g/mol. The van der Waals surface area contributed by atoms with E-state index in [0.29, 0.717) is 22.2 Å². The van der Waals surface area contributed by atoms with Crippen LogP contribution in [0, 0.1) is 5.82 Å². The minimum absolute atomic E-state index is 0.0929. The largest absolute Gasteiger partial charge is 0.348 e. The van der Waals surface area contributed by atoms with Crippen LogP contribution in [0.5, 0.6) is 0 Å². The number of halogens is 3. The van der Waals surface area contributed by atoms with E-state index in [1.54, 1.807) is 6.07 Å². The Morgan fingerprint density at radius 3 is 2.52 bits per heavy atom. The van der Waals surface area contributed by atoms with Gasteiger partial charge in [0.25, 0.3) is 5.91 Å². The average molecular weight is 353 g/mol. The maximum absolute atomic E-state index is 12.8. The fourth-order valence-corrected chi connectivity index (χ4v) is 2.65. The molecular formula is C17H15Cl2FN2O. The topological polar surface area (TPSA) is 41.1 Å². The summed E-state index contributed by atoms with van der Waals surface area (Å²) in [6, 6.07) is 11.3. The van der Waals surface area contributed by atoms with Gasteiger partial charge in [0.2, 0.25) is 0 Å². The van der Waals surface area contributed by atoms with Crippen molar-refractivity contribution in [3.8, 4) is 0 Å². The molecule has 0 bridgehead atoms. The van der Waals surface area contributed by atoms with Crippen molar-refractivity contribution in [3.05, 3.63) is 69.5 Å². The summed E-state index contributed by atoms with van der Waals surface area (Å²) in [6.07, 6.45) is 0.869. The van der Waals surface area contributed by atoms with Gasteiger partial charge in [-0.3, -0.25) is 4.79 Å². The first-order valence-electron chi connectivity index (χ1n) is 7.26. The molecule has 0 aromatic heterocycles. The average Bonchev–Trinajstić information content (AvgIpc) is 3.27. The van der Waals surface area contributed by atoms with Gasteiger partial charge in [0.15, 0.2) is 0 Å². The van der Waals surface area contributed by atoms with Crippen molar-refractivity contribution in [2.75, 3.05) is 0 Å². The molecule has 120 valence electrons. The molecule has 0 saturated heterocycles. The van der Waals surface area contributed by atoms with Crippen LogP contribution in [0.2, 0.25) is 10.0 Å². The van der Waals surface area contributed by atoms with Gasteiger partial charge in [0.05, 0.1) is 10.0 Å². The highest BCUT2D eigenvalue weighted by Crippen LogP contribution is 2.25. The molecule has 0 radical (unpaired) electrons. The lowest BCUT2D eigenvalue weighted by Crippen LogP contribution is -2.31. The van der Waals surface area contributed by atoms with E-state index in [0.717, 1.165) is 12.0 Å². The number of benzene rings is 2. The number of rotatable bonds is 5. The molecule has 6 heteroatoms. The van der Waals surface area contributed by atoms with Gasteiger partial charge in [-0.2, -0.15) is 0 Å². The van der Waals surface area contributed by atoms with Crippen molar-refractivity contribution < 1.29 is 9.18 Å². The van der Waals surface area contributed by atoms with Crippen molar-refractivity contribution >= 4 is 29.1 Å². The van der Waals surface area contributed by atoms with Gasteiger partial charge in [-0.15, -0.1) is 0 Å². The third kappa shape index (κ3) is 4.22. The van der Waals surface area contributed by atoms with Gasteiger partial charge in [-0.1, -0.05) is 29.3 Å². The second-order valence-electron chi connectivity index (χ2n) is 5.56. The zero-order chi connectivity index (χ0) is 16.4. The molecule has 3 nitrogen and oxygen atoms in total. The summed E-state index contributed by atoms with van der Waals surface area (Å²) in [6.45, 7) is 0.657. The van der Waals surface area contributed by atoms with Gasteiger partial charge in [0.1, 0.15) is 5.82 Å². The normalized spacial score (nSPS) is 19.4. The lowest BCUT2D eigenvalue weighted by molar-refractivity contribution is 0.0949. The molecule has 3 rings (SSSR count). The molecule has 2 aromatic carbocycles. The molecule has 1 amide bonds. The van der Waals surface area contributed by atoms with Crippen molar-refractivity contribution in [1.29, 1.82) is 0 Å². The number of hydrogen-bond donors (Lipinski definition) is 2. The van der Waals surface area contributed by atoms with Crippen molar-refractivity contribution in [3.63, 3.8) is 0 Å². The molecule has 0 unspecified atom stereocenters. The molecule has 2 atom stereocenters. The van der Waals surface area contributed by atoms with Crippen LogP contribution >= 0.6 is 23.2 Å². The zero-order valence-electron chi connectivity index (χ0n) is 12.2. The van der Waals surface area contributed by atoms with Gasteiger partial charge < -0.3 is 10.6 Å². The highest BCUT2D eigenvalue weighted by molar-refractivity contribution is 6.42. The smallest absolute Gasteiger partial charge is 0.251 e. The van der Waals surface area contributed by atoms with Crippen LogP contribution in [0.3, 0.4) is 0 Å². The summed E-state index contributed by atoms with van der Waals surface area (Å²) >= 11 is 11.9. The Bertz CT molecular complexity index is 721. The van der Waals surface area contributed by atoms with E-state index in [2.05, 4.69) is 10.6 Å². The van der Waals surface area contributed by atoms with Crippen molar-refractivity contribution in [2.24, 2.45) is 0 Å². The molecule has 0 heterocycles. The zero-order valence-corrected chi connectivity index (χ0v) is 13.7.